The number of thioether (sulfide) groups is 1. The lowest BCUT2D eigenvalue weighted by molar-refractivity contribution is -0.113. The summed E-state index contributed by atoms with van der Waals surface area (Å²) in [7, 11) is 0. The number of carbonyl (C=O) groups excluding carboxylic acids is 1. The van der Waals surface area contributed by atoms with E-state index in [2.05, 4.69) is 64.9 Å². The fraction of sp³-hybridized carbons (Fsp3) is 0.192. The van der Waals surface area contributed by atoms with Gasteiger partial charge in [-0.25, -0.2) is 0 Å². The zero-order valence-electron chi connectivity index (χ0n) is 17.5. The number of rotatable bonds is 8. The maximum atomic E-state index is 12.3. The van der Waals surface area contributed by atoms with Crippen LogP contribution in [0.3, 0.4) is 0 Å². The second kappa shape index (κ2) is 10.2. The first-order chi connectivity index (χ1) is 15.2. The number of aromatic nitrogens is 2. The average Bonchev–Trinajstić information content (AvgIpc) is 2.82. The van der Waals surface area contributed by atoms with Crippen molar-refractivity contribution < 1.29 is 4.79 Å². The van der Waals surface area contributed by atoms with E-state index in [-0.39, 0.29) is 5.91 Å². The van der Waals surface area contributed by atoms with Crippen molar-refractivity contribution >= 4 is 34.1 Å². The number of anilines is 1. The molecule has 31 heavy (non-hydrogen) atoms. The number of amides is 1. The van der Waals surface area contributed by atoms with Gasteiger partial charge in [-0.2, -0.15) is 0 Å². The summed E-state index contributed by atoms with van der Waals surface area (Å²) >= 11 is 1.38. The van der Waals surface area contributed by atoms with Crippen LogP contribution in [0.25, 0.3) is 22.0 Å². The molecule has 0 aliphatic heterocycles. The number of unbranched alkanes of at least 4 members (excludes halogenated alkanes) is 1. The van der Waals surface area contributed by atoms with Crippen LogP contribution in [0, 0.1) is 0 Å². The number of benzene rings is 3. The van der Waals surface area contributed by atoms with Gasteiger partial charge in [-0.3, -0.25) is 4.79 Å². The van der Waals surface area contributed by atoms with Crippen LogP contribution in [0.15, 0.2) is 83.9 Å². The Balaban J connectivity index is 1.32. The van der Waals surface area contributed by atoms with Crippen molar-refractivity contribution in [3.63, 3.8) is 0 Å². The van der Waals surface area contributed by atoms with Gasteiger partial charge in [0.25, 0.3) is 0 Å². The minimum absolute atomic E-state index is 0.0493. The van der Waals surface area contributed by atoms with Gasteiger partial charge in [-0.1, -0.05) is 73.6 Å². The van der Waals surface area contributed by atoms with E-state index in [0.717, 1.165) is 28.4 Å². The molecule has 1 N–H and O–H groups in total. The van der Waals surface area contributed by atoms with Crippen LogP contribution in [-0.2, 0) is 11.2 Å². The Morgan fingerprint density at radius 2 is 1.71 bits per heavy atom. The first-order valence-corrected chi connectivity index (χ1v) is 11.5. The highest BCUT2D eigenvalue weighted by atomic mass is 32.2. The van der Waals surface area contributed by atoms with Crippen molar-refractivity contribution in [2.45, 2.75) is 31.2 Å². The zero-order valence-corrected chi connectivity index (χ0v) is 18.4. The Kier molecular flexibility index (Phi) is 6.95. The number of hydrogen-bond acceptors (Lipinski definition) is 4. The molecule has 0 aliphatic carbocycles. The third kappa shape index (κ3) is 5.70. The Morgan fingerprint density at radius 1 is 0.903 bits per heavy atom. The fourth-order valence-corrected chi connectivity index (χ4v) is 3.99. The number of aryl methyl sites for hydroxylation is 1. The number of nitrogens with zero attached hydrogens (tertiary/aromatic N) is 2. The number of hydrogen-bond donors (Lipinski definition) is 1. The lowest BCUT2D eigenvalue weighted by Gasteiger charge is -2.07. The molecule has 4 aromatic rings. The predicted octanol–water partition coefficient (Wildman–Crippen LogP) is 6.37. The molecule has 0 atom stereocenters. The molecule has 4 nitrogen and oxygen atoms in total. The molecule has 4 rings (SSSR count). The van der Waals surface area contributed by atoms with E-state index in [1.54, 1.807) is 0 Å². The number of fused-ring (bicyclic) bond motifs is 1. The molecule has 0 bridgehead atoms. The van der Waals surface area contributed by atoms with Gasteiger partial charge in [0.2, 0.25) is 5.91 Å². The lowest BCUT2D eigenvalue weighted by Crippen LogP contribution is -2.14. The van der Waals surface area contributed by atoms with E-state index in [0.29, 0.717) is 5.75 Å². The zero-order chi connectivity index (χ0) is 21.5. The Labute approximate surface area is 187 Å². The van der Waals surface area contributed by atoms with Gasteiger partial charge in [-0.15, -0.1) is 10.2 Å². The topological polar surface area (TPSA) is 54.9 Å². The summed E-state index contributed by atoms with van der Waals surface area (Å²) in [5, 5.41) is 14.7. The van der Waals surface area contributed by atoms with Crippen LogP contribution in [0.1, 0.15) is 25.3 Å². The van der Waals surface area contributed by atoms with Crippen molar-refractivity contribution in [2.24, 2.45) is 0 Å². The van der Waals surface area contributed by atoms with Crippen molar-refractivity contribution in [3.05, 3.63) is 84.4 Å². The standard InChI is InChI=1S/C26H25N3OS/c1-2-3-6-19-9-13-23(14-10-19)27-25(30)18-31-26-16-15-24(28-29-26)22-12-11-20-7-4-5-8-21(20)17-22/h4-5,7-17H,2-3,6,18H2,1H3,(H,27,30). The molecule has 3 aromatic carbocycles. The van der Waals surface area contributed by atoms with E-state index in [1.165, 1.54) is 40.9 Å². The minimum Gasteiger partial charge on any atom is -0.325 e. The molecule has 0 fully saturated rings. The van der Waals surface area contributed by atoms with Crippen molar-refractivity contribution in [1.82, 2.24) is 10.2 Å². The summed E-state index contributed by atoms with van der Waals surface area (Å²) < 4.78 is 0. The smallest absolute Gasteiger partial charge is 0.234 e. The van der Waals surface area contributed by atoms with Crippen LogP contribution in [0.2, 0.25) is 0 Å². The van der Waals surface area contributed by atoms with Crippen molar-refractivity contribution in [3.8, 4) is 11.3 Å². The van der Waals surface area contributed by atoms with E-state index in [9.17, 15) is 4.79 Å². The maximum Gasteiger partial charge on any atom is 0.234 e. The Morgan fingerprint density at radius 3 is 2.45 bits per heavy atom. The highest BCUT2D eigenvalue weighted by Crippen LogP contribution is 2.24. The predicted molar refractivity (Wildman–Crippen MR) is 129 cm³/mol. The molecule has 0 unspecified atom stereocenters. The molecule has 156 valence electrons. The largest absolute Gasteiger partial charge is 0.325 e. The van der Waals surface area contributed by atoms with Gasteiger partial charge in [0.1, 0.15) is 5.03 Å². The van der Waals surface area contributed by atoms with Crippen LogP contribution >= 0.6 is 11.8 Å². The van der Waals surface area contributed by atoms with Crippen molar-refractivity contribution in [1.29, 1.82) is 0 Å². The van der Waals surface area contributed by atoms with Crippen LogP contribution in [0.4, 0.5) is 5.69 Å². The van der Waals surface area contributed by atoms with Gasteiger partial charge < -0.3 is 5.32 Å². The number of carbonyl (C=O) groups is 1. The highest BCUT2D eigenvalue weighted by molar-refractivity contribution is 7.99. The van der Waals surface area contributed by atoms with Gasteiger partial charge in [0.15, 0.2) is 0 Å². The van der Waals surface area contributed by atoms with Gasteiger partial charge in [0, 0.05) is 11.3 Å². The summed E-state index contributed by atoms with van der Waals surface area (Å²) in [6.07, 6.45) is 3.44. The number of nitrogens with one attached hydrogen (secondary N) is 1. The van der Waals surface area contributed by atoms with Crippen LogP contribution < -0.4 is 5.32 Å². The third-order valence-electron chi connectivity index (χ3n) is 5.09. The summed E-state index contributed by atoms with van der Waals surface area (Å²) in [5.41, 5.74) is 3.98. The fourth-order valence-electron chi connectivity index (χ4n) is 3.37. The second-order valence-electron chi connectivity index (χ2n) is 7.46. The molecular weight excluding hydrogens is 402 g/mol. The molecule has 1 aromatic heterocycles. The van der Waals surface area contributed by atoms with Gasteiger partial charge in [-0.05, 0) is 59.5 Å². The molecular formula is C26H25N3OS. The summed E-state index contributed by atoms with van der Waals surface area (Å²) in [5.74, 6) is 0.244. The summed E-state index contributed by atoms with van der Waals surface area (Å²) in [6, 6.07) is 26.5. The third-order valence-corrected chi connectivity index (χ3v) is 6.01. The average molecular weight is 428 g/mol. The van der Waals surface area contributed by atoms with Crippen molar-refractivity contribution in [2.75, 3.05) is 11.1 Å². The molecule has 1 heterocycles. The maximum absolute atomic E-state index is 12.3. The molecule has 1 amide bonds. The summed E-state index contributed by atoms with van der Waals surface area (Å²) in [4.78, 5) is 12.3. The van der Waals surface area contributed by atoms with Gasteiger partial charge in [0.05, 0.1) is 11.4 Å². The normalized spacial score (nSPS) is 10.9. The monoisotopic (exact) mass is 427 g/mol. The summed E-state index contributed by atoms with van der Waals surface area (Å²) in [6.45, 7) is 2.19. The lowest BCUT2D eigenvalue weighted by atomic mass is 10.1. The highest BCUT2D eigenvalue weighted by Gasteiger charge is 2.07. The molecule has 0 saturated heterocycles. The molecule has 0 saturated carbocycles. The van der Waals surface area contributed by atoms with E-state index in [4.69, 9.17) is 0 Å². The Hall–Kier alpha value is -3.18. The van der Waals surface area contributed by atoms with Crippen LogP contribution in [-0.4, -0.2) is 21.9 Å². The SMILES string of the molecule is CCCCc1ccc(NC(=O)CSc2ccc(-c3ccc4ccccc4c3)nn2)cc1. The molecule has 0 aliphatic rings. The van der Waals surface area contributed by atoms with E-state index in [1.807, 2.05) is 36.4 Å². The van der Waals surface area contributed by atoms with E-state index < -0.39 is 0 Å². The van der Waals surface area contributed by atoms with E-state index >= 15 is 0 Å². The quantitative estimate of drug-likeness (QED) is 0.332. The van der Waals surface area contributed by atoms with Crippen LogP contribution in [0.5, 0.6) is 0 Å². The second-order valence-corrected chi connectivity index (χ2v) is 8.45. The molecule has 5 heteroatoms. The van der Waals surface area contributed by atoms with Gasteiger partial charge >= 0.3 is 0 Å². The first kappa shape index (κ1) is 21.1. The molecule has 0 radical (unpaired) electrons. The Bertz CT molecular complexity index is 1160. The molecule has 0 spiro atoms. The first-order valence-electron chi connectivity index (χ1n) is 10.6. The minimum atomic E-state index is -0.0493.